The number of ether oxygens (including phenoxy) is 1. The first-order valence-electron chi connectivity index (χ1n) is 7.93. The molecule has 0 saturated carbocycles. The van der Waals surface area contributed by atoms with Crippen LogP contribution in [-0.2, 0) is 22.6 Å². The lowest BCUT2D eigenvalue weighted by molar-refractivity contribution is -0.192. The highest BCUT2D eigenvalue weighted by atomic mass is 35.5. The molecular formula is C15H19ClF3N3O4. The van der Waals surface area contributed by atoms with Crippen LogP contribution in [-0.4, -0.2) is 47.5 Å². The van der Waals surface area contributed by atoms with E-state index in [1.54, 1.807) is 0 Å². The van der Waals surface area contributed by atoms with Crippen LogP contribution < -0.4 is 11.1 Å². The summed E-state index contributed by atoms with van der Waals surface area (Å²) in [6, 6.07) is 0. The van der Waals surface area contributed by atoms with E-state index in [1.807, 2.05) is 0 Å². The minimum atomic E-state index is -5.08. The Morgan fingerprint density at radius 3 is 2.38 bits per heavy atom. The van der Waals surface area contributed by atoms with E-state index in [0.717, 1.165) is 50.5 Å². The first-order valence-corrected chi connectivity index (χ1v) is 8.31. The predicted molar refractivity (Wildman–Crippen MR) is 86.2 cm³/mol. The minimum absolute atomic E-state index is 0.367. The van der Waals surface area contributed by atoms with Crippen LogP contribution in [0.3, 0.4) is 0 Å². The number of carbonyl (C=O) groups excluding carboxylic acids is 1. The lowest BCUT2D eigenvalue weighted by Gasteiger charge is -2.26. The molecule has 0 bridgehead atoms. The van der Waals surface area contributed by atoms with Crippen molar-refractivity contribution in [3.05, 3.63) is 22.0 Å². The predicted octanol–water partition coefficient (Wildman–Crippen LogP) is 1.87. The molecule has 0 unspecified atom stereocenters. The molecule has 0 radical (unpaired) electrons. The van der Waals surface area contributed by atoms with E-state index in [-0.39, 0.29) is 0 Å². The molecule has 1 aromatic heterocycles. The van der Waals surface area contributed by atoms with Crippen molar-refractivity contribution in [2.75, 3.05) is 19.8 Å². The van der Waals surface area contributed by atoms with Crippen LogP contribution >= 0.6 is 11.6 Å². The smallest absolute Gasteiger partial charge is 0.475 e. The zero-order chi connectivity index (χ0) is 19.5. The highest BCUT2D eigenvalue weighted by Gasteiger charge is 2.38. The van der Waals surface area contributed by atoms with E-state index < -0.39 is 18.1 Å². The lowest BCUT2D eigenvalue weighted by atomic mass is 9.96. The number of hydrogen-bond donors (Lipinski definition) is 3. The van der Waals surface area contributed by atoms with Gasteiger partial charge < -0.3 is 25.5 Å². The fraction of sp³-hybridized carbons (Fsp3) is 0.600. The minimum Gasteiger partial charge on any atom is -0.475 e. The summed E-state index contributed by atoms with van der Waals surface area (Å²) < 4.78 is 39.3. The average molecular weight is 398 g/mol. The Balaban J connectivity index is 0.000000298. The Morgan fingerprint density at radius 2 is 1.88 bits per heavy atom. The number of hydrogen-bond acceptors (Lipinski definition) is 4. The second kappa shape index (κ2) is 8.28. The molecule has 2 aliphatic rings. The summed E-state index contributed by atoms with van der Waals surface area (Å²) in [4.78, 5) is 20.6. The second-order valence-electron chi connectivity index (χ2n) is 5.90. The van der Waals surface area contributed by atoms with Gasteiger partial charge in [0, 0.05) is 50.2 Å². The van der Waals surface area contributed by atoms with Gasteiger partial charge in [-0.15, -0.1) is 0 Å². The number of primary amides is 1. The molecule has 2 aliphatic heterocycles. The highest BCUT2D eigenvalue weighted by molar-refractivity contribution is 6.34. The molecule has 1 saturated heterocycles. The van der Waals surface area contributed by atoms with Gasteiger partial charge in [-0.2, -0.15) is 13.2 Å². The second-order valence-corrected chi connectivity index (χ2v) is 6.28. The van der Waals surface area contributed by atoms with Crippen LogP contribution in [0.25, 0.3) is 0 Å². The van der Waals surface area contributed by atoms with E-state index in [4.69, 9.17) is 32.0 Å². The van der Waals surface area contributed by atoms with Gasteiger partial charge in [0.25, 0.3) is 5.91 Å². The van der Waals surface area contributed by atoms with Crippen molar-refractivity contribution in [1.82, 2.24) is 9.88 Å². The quantitative estimate of drug-likeness (QED) is 0.706. The number of carboxylic acid groups (broad SMARTS) is 1. The summed E-state index contributed by atoms with van der Waals surface area (Å²) in [5.41, 5.74) is 8.00. The number of nitrogens with two attached hydrogens (primary N) is 1. The molecule has 0 aromatic carbocycles. The van der Waals surface area contributed by atoms with Crippen LogP contribution in [0.1, 0.15) is 40.5 Å². The summed E-state index contributed by atoms with van der Waals surface area (Å²) in [5.74, 6) is -2.82. The third-order valence-electron chi connectivity index (χ3n) is 4.25. The number of carboxylic acids is 1. The molecule has 0 atom stereocenters. The maximum atomic E-state index is 11.7. The Hall–Kier alpha value is -1.78. The number of amides is 1. The monoisotopic (exact) mass is 397 g/mol. The number of halogens is 4. The zero-order valence-corrected chi connectivity index (χ0v) is 14.5. The molecule has 11 heteroatoms. The van der Waals surface area contributed by atoms with Gasteiger partial charge in [-0.1, -0.05) is 11.6 Å². The van der Waals surface area contributed by atoms with Gasteiger partial charge in [-0.25, -0.2) is 4.79 Å². The molecule has 26 heavy (non-hydrogen) atoms. The van der Waals surface area contributed by atoms with Crippen molar-refractivity contribution >= 4 is 23.5 Å². The van der Waals surface area contributed by atoms with E-state index in [1.165, 1.54) is 0 Å². The van der Waals surface area contributed by atoms with Crippen molar-refractivity contribution in [2.45, 2.75) is 38.0 Å². The fourth-order valence-corrected chi connectivity index (χ4v) is 3.57. The maximum absolute atomic E-state index is 11.7. The van der Waals surface area contributed by atoms with E-state index in [9.17, 15) is 18.0 Å². The Morgan fingerprint density at radius 1 is 1.31 bits per heavy atom. The molecule has 4 N–H and O–H groups in total. The maximum Gasteiger partial charge on any atom is 0.490 e. The number of nitrogens with zero attached hydrogens (tertiary/aromatic N) is 1. The van der Waals surface area contributed by atoms with Gasteiger partial charge in [-0.3, -0.25) is 4.79 Å². The summed E-state index contributed by atoms with van der Waals surface area (Å²) in [6.07, 6.45) is -3.18. The van der Waals surface area contributed by atoms with Gasteiger partial charge in [-0.05, 0) is 12.8 Å². The highest BCUT2D eigenvalue weighted by Crippen LogP contribution is 2.38. The largest absolute Gasteiger partial charge is 0.490 e. The first kappa shape index (κ1) is 20.5. The van der Waals surface area contributed by atoms with Crippen LogP contribution in [0, 0.1) is 0 Å². The molecule has 3 heterocycles. The van der Waals surface area contributed by atoms with Crippen LogP contribution in [0.15, 0.2) is 0 Å². The molecule has 1 fully saturated rings. The summed E-state index contributed by atoms with van der Waals surface area (Å²) in [7, 11) is 0. The van der Waals surface area contributed by atoms with Gasteiger partial charge in [0.15, 0.2) is 0 Å². The number of fused-ring (bicyclic) bond motifs is 1. The molecule has 3 rings (SSSR count). The molecular weight excluding hydrogens is 379 g/mol. The van der Waals surface area contributed by atoms with Gasteiger partial charge >= 0.3 is 12.1 Å². The third-order valence-corrected chi connectivity index (χ3v) is 4.63. The van der Waals surface area contributed by atoms with Gasteiger partial charge in [0.05, 0.1) is 10.6 Å². The zero-order valence-electron chi connectivity index (χ0n) is 13.7. The first-order chi connectivity index (χ1) is 12.1. The number of aromatic nitrogens is 1. The topological polar surface area (TPSA) is 107 Å². The van der Waals surface area contributed by atoms with Crippen LogP contribution in [0.5, 0.6) is 0 Å². The normalized spacial score (nSPS) is 17.8. The van der Waals surface area contributed by atoms with E-state index >= 15 is 0 Å². The van der Waals surface area contributed by atoms with Gasteiger partial charge in [0.2, 0.25) is 0 Å². The van der Waals surface area contributed by atoms with E-state index in [0.29, 0.717) is 23.0 Å². The average Bonchev–Trinajstić information content (AvgIpc) is 2.87. The summed E-state index contributed by atoms with van der Waals surface area (Å²) in [6.45, 7) is 3.90. The van der Waals surface area contributed by atoms with Crippen molar-refractivity contribution in [3.8, 4) is 0 Å². The fourth-order valence-electron chi connectivity index (χ4n) is 3.11. The lowest BCUT2D eigenvalue weighted by Crippen LogP contribution is -2.31. The van der Waals surface area contributed by atoms with Crippen molar-refractivity contribution < 1.29 is 32.6 Å². The Bertz CT molecular complexity index is 685. The van der Waals surface area contributed by atoms with E-state index in [2.05, 4.69) is 9.88 Å². The number of rotatable bonds is 2. The molecule has 1 amide bonds. The van der Waals surface area contributed by atoms with Crippen LogP contribution in [0.2, 0.25) is 5.02 Å². The standard InChI is InChI=1S/C13H18ClN3O2.C2HF3O2/c14-11-10(13(15)18)9-7-16-3-4-17(9)12(11)8-1-5-19-6-2-8;3-2(4,5)1(6)7/h8,16H,1-7H2,(H2,15,18);(H,6,7). The summed E-state index contributed by atoms with van der Waals surface area (Å²) in [5, 5.41) is 10.9. The number of nitrogens with one attached hydrogen (secondary N) is 1. The van der Waals surface area contributed by atoms with Gasteiger partial charge in [0.1, 0.15) is 0 Å². The van der Waals surface area contributed by atoms with Crippen molar-refractivity contribution in [2.24, 2.45) is 5.73 Å². The van der Waals surface area contributed by atoms with Crippen LogP contribution in [0.4, 0.5) is 13.2 Å². The molecule has 0 aliphatic carbocycles. The van der Waals surface area contributed by atoms with Crippen molar-refractivity contribution in [3.63, 3.8) is 0 Å². The SMILES string of the molecule is NC(=O)c1c(Cl)c(C2CCOCC2)n2c1CNCC2.O=C(O)C(F)(F)F. The molecule has 1 aromatic rings. The summed E-state index contributed by atoms with van der Waals surface area (Å²) >= 11 is 6.46. The molecule has 0 spiro atoms. The Kier molecular flexibility index (Phi) is 6.53. The number of carbonyl (C=O) groups is 2. The van der Waals surface area contributed by atoms with Crippen molar-refractivity contribution in [1.29, 1.82) is 0 Å². The molecule has 7 nitrogen and oxygen atoms in total. The number of alkyl halides is 3. The molecule has 146 valence electrons. The number of aliphatic carboxylic acids is 1. The Labute approximate surface area is 152 Å². The third kappa shape index (κ3) is 4.49.